The quantitative estimate of drug-likeness (QED) is 0.802. The summed E-state index contributed by atoms with van der Waals surface area (Å²) < 4.78 is 6.31. The van der Waals surface area contributed by atoms with E-state index in [0.717, 1.165) is 9.99 Å². The van der Waals surface area contributed by atoms with Crippen molar-refractivity contribution in [2.45, 2.75) is 19.4 Å². The molecule has 1 aliphatic heterocycles. The molecule has 1 aromatic carbocycles. The third-order valence-corrected chi connectivity index (χ3v) is 4.71. The van der Waals surface area contributed by atoms with Crippen molar-refractivity contribution in [3.05, 3.63) is 32.4 Å². The van der Waals surface area contributed by atoms with E-state index in [9.17, 15) is 4.79 Å². The Morgan fingerprint density at radius 2 is 2.33 bits per heavy atom. The molecule has 1 amide bonds. The van der Waals surface area contributed by atoms with Crippen molar-refractivity contribution in [1.29, 1.82) is 0 Å². The monoisotopic (exact) mass is 379 g/mol. The highest BCUT2D eigenvalue weighted by Gasteiger charge is 2.23. The van der Waals surface area contributed by atoms with Gasteiger partial charge in [-0.15, -0.1) is 0 Å². The lowest BCUT2D eigenvalue weighted by Gasteiger charge is -2.29. The Balaban J connectivity index is 2.04. The van der Waals surface area contributed by atoms with E-state index in [1.54, 1.807) is 12.1 Å². The average molecular weight is 380 g/mol. The van der Waals surface area contributed by atoms with Gasteiger partial charge in [0.05, 0.1) is 11.6 Å². The number of amides is 1. The minimum absolute atomic E-state index is 0.0629. The molecule has 3 nitrogen and oxygen atoms in total. The van der Waals surface area contributed by atoms with E-state index in [1.165, 1.54) is 0 Å². The fourth-order valence-corrected chi connectivity index (χ4v) is 2.50. The summed E-state index contributed by atoms with van der Waals surface area (Å²) in [5, 5.41) is 3.67. The van der Waals surface area contributed by atoms with Gasteiger partial charge in [-0.05, 0) is 53.1 Å². The summed E-state index contributed by atoms with van der Waals surface area (Å²) in [6, 6.07) is 5.55. The number of nitrogens with one attached hydrogen (secondary N) is 1. The smallest absolute Gasteiger partial charge is 0.251 e. The zero-order valence-corrected chi connectivity index (χ0v) is 13.0. The van der Waals surface area contributed by atoms with Crippen molar-refractivity contribution >= 4 is 40.1 Å². The van der Waals surface area contributed by atoms with Crippen molar-refractivity contribution in [1.82, 2.24) is 5.32 Å². The number of carbonyl (C=O) groups excluding carboxylic acids is 1. The van der Waals surface area contributed by atoms with Gasteiger partial charge in [0.2, 0.25) is 0 Å². The Kier molecular flexibility index (Phi) is 4.86. The van der Waals surface area contributed by atoms with Gasteiger partial charge in [0, 0.05) is 21.8 Å². The highest BCUT2D eigenvalue weighted by molar-refractivity contribution is 14.1. The van der Waals surface area contributed by atoms with Crippen LogP contribution >= 0.6 is 34.2 Å². The minimum Gasteiger partial charge on any atom is -0.381 e. The predicted octanol–water partition coefficient (Wildman–Crippen LogP) is 3.10. The van der Waals surface area contributed by atoms with E-state index >= 15 is 0 Å². The summed E-state index contributed by atoms with van der Waals surface area (Å²) in [7, 11) is 0. The maximum absolute atomic E-state index is 12.1. The molecule has 1 N–H and O–H groups in total. The maximum Gasteiger partial charge on any atom is 0.251 e. The van der Waals surface area contributed by atoms with Crippen molar-refractivity contribution in [2.24, 2.45) is 5.92 Å². The summed E-state index contributed by atoms with van der Waals surface area (Å²) in [6.07, 6.45) is 0.866. The van der Waals surface area contributed by atoms with Crippen LogP contribution in [0.2, 0.25) is 5.02 Å². The van der Waals surface area contributed by atoms with Crippen LogP contribution in [0.1, 0.15) is 23.7 Å². The van der Waals surface area contributed by atoms with E-state index in [2.05, 4.69) is 34.8 Å². The van der Waals surface area contributed by atoms with Crippen molar-refractivity contribution in [2.75, 3.05) is 13.2 Å². The fraction of sp³-hybridized carbons (Fsp3) is 0.462. The number of benzene rings is 1. The van der Waals surface area contributed by atoms with Crippen molar-refractivity contribution in [3.63, 3.8) is 0 Å². The van der Waals surface area contributed by atoms with E-state index < -0.39 is 0 Å². The van der Waals surface area contributed by atoms with E-state index in [0.29, 0.717) is 29.7 Å². The molecule has 0 saturated carbocycles. The molecule has 18 heavy (non-hydrogen) atoms. The summed E-state index contributed by atoms with van der Waals surface area (Å²) in [4.78, 5) is 12.1. The van der Waals surface area contributed by atoms with Gasteiger partial charge in [0.1, 0.15) is 0 Å². The van der Waals surface area contributed by atoms with Gasteiger partial charge in [-0.3, -0.25) is 4.79 Å². The minimum atomic E-state index is -0.0629. The van der Waals surface area contributed by atoms with Crippen LogP contribution in [-0.4, -0.2) is 25.2 Å². The van der Waals surface area contributed by atoms with Gasteiger partial charge in [-0.1, -0.05) is 18.5 Å². The van der Waals surface area contributed by atoms with Crippen molar-refractivity contribution < 1.29 is 9.53 Å². The molecular weight excluding hydrogens is 365 g/mol. The van der Waals surface area contributed by atoms with Crippen LogP contribution in [0.5, 0.6) is 0 Å². The molecule has 0 aromatic heterocycles. The Morgan fingerprint density at radius 1 is 1.56 bits per heavy atom. The second-order valence-electron chi connectivity index (χ2n) is 4.55. The van der Waals surface area contributed by atoms with Gasteiger partial charge in [-0.25, -0.2) is 0 Å². The Labute approximate surface area is 125 Å². The molecule has 2 atom stereocenters. The summed E-state index contributed by atoms with van der Waals surface area (Å²) in [5.74, 6) is 0.286. The van der Waals surface area contributed by atoms with Gasteiger partial charge in [0.15, 0.2) is 0 Å². The normalized spacial score (nSPS) is 23.7. The molecule has 2 rings (SSSR count). The first-order valence-corrected chi connectivity index (χ1v) is 7.37. The molecule has 0 bridgehead atoms. The van der Waals surface area contributed by atoms with Gasteiger partial charge < -0.3 is 10.1 Å². The van der Waals surface area contributed by atoms with E-state index in [1.807, 2.05) is 6.07 Å². The molecule has 0 radical (unpaired) electrons. The first-order chi connectivity index (χ1) is 8.58. The Bertz CT molecular complexity index is 453. The summed E-state index contributed by atoms with van der Waals surface area (Å²) in [5.41, 5.74) is 0.610. The van der Waals surface area contributed by atoms with Gasteiger partial charge in [-0.2, -0.15) is 0 Å². The van der Waals surface area contributed by atoms with Gasteiger partial charge >= 0.3 is 0 Å². The zero-order chi connectivity index (χ0) is 13.1. The average Bonchev–Trinajstić information content (AvgIpc) is 2.35. The standard InChI is InChI=1S/C13H15ClINO2/c1-8-7-18-5-4-12(8)16-13(17)9-2-3-11(15)10(14)6-9/h2-3,6,8,12H,4-5,7H2,1H3,(H,16,17). The van der Waals surface area contributed by atoms with E-state index in [-0.39, 0.29) is 11.9 Å². The molecule has 2 unspecified atom stereocenters. The van der Waals surface area contributed by atoms with E-state index in [4.69, 9.17) is 16.3 Å². The predicted molar refractivity (Wildman–Crippen MR) is 80.0 cm³/mol. The number of hydrogen-bond acceptors (Lipinski definition) is 2. The topological polar surface area (TPSA) is 38.3 Å². The Hall–Kier alpha value is -0.330. The fourth-order valence-electron chi connectivity index (χ4n) is 1.98. The lowest BCUT2D eigenvalue weighted by molar-refractivity contribution is 0.0375. The SMILES string of the molecule is CC1COCCC1NC(=O)c1ccc(I)c(Cl)c1. The second-order valence-corrected chi connectivity index (χ2v) is 6.12. The van der Waals surface area contributed by atoms with Crippen LogP contribution < -0.4 is 5.32 Å². The molecular formula is C13H15ClINO2. The lowest BCUT2D eigenvalue weighted by Crippen LogP contribution is -2.44. The van der Waals surface area contributed by atoms with Crippen LogP contribution in [0.3, 0.4) is 0 Å². The van der Waals surface area contributed by atoms with Crippen LogP contribution in [0.15, 0.2) is 18.2 Å². The maximum atomic E-state index is 12.1. The highest BCUT2D eigenvalue weighted by Crippen LogP contribution is 2.20. The molecule has 5 heteroatoms. The molecule has 1 aromatic rings. The zero-order valence-electron chi connectivity index (χ0n) is 10.1. The first kappa shape index (κ1) is 14.1. The highest BCUT2D eigenvalue weighted by atomic mass is 127. The third kappa shape index (κ3) is 3.36. The lowest BCUT2D eigenvalue weighted by atomic mass is 9.97. The Morgan fingerprint density at radius 3 is 3.00 bits per heavy atom. The molecule has 98 valence electrons. The largest absolute Gasteiger partial charge is 0.381 e. The van der Waals surface area contributed by atoms with Gasteiger partial charge in [0.25, 0.3) is 5.91 Å². The number of halogens is 2. The molecule has 1 saturated heterocycles. The third-order valence-electron chi connectivity index (χ3n) is 3.14. The van der Waals surface area contributed by atoms with Crippen LogP contribution in [0.25, 0.3) is 0 Å². The first-order valence-electron chi connectivity index (χ1n) is 5.91. The van der Waals surface area contributed by atoms with Crippen LogP contribution in [0.4, 0.5) is 0 Å². The molecule has 0 spiro atoms. The van der Waals surface area contributed by atoms with Crippen molar-refractivity contribution in [3.8, 4) is 0 Å². The van der Waals surface area contributed by atoms with Crippen LogP contribution in [0, 0.1) is 9.49 Å². The molecule has 1 aliphatic rings. The number of rotatable bonds is 2. The molecule has 0 aliphatic carbocycles. The molecule has 1 heterocycles. The summed E-state index contributed by atoms with van der Waals surface area (Å²) >= 11 is 8.16. The number of hydrogen-bond donors (Lipinski definition) is 1. The number of ether oxygens (including phenoxy) is 1. The number of carbonyl (C=O) groups is 1. The second kappa shape index (κ2) is 6.21. The summed E-state index contributed by atoms with van der Waals surface area (Å²) in [6.45, 7) is 3.51. The van der Waals surface area contributed by atoms with Crippen LogP contribution in [-0.2, 0) is 4.74 Å². The molecule has 1 fully saturated rings.